The van der Waals surface area contributed by atoms with Gasteiger partial charge in [0.2, 0.25) is 5.88 Å². The Morgan fingerprint density at radius 1 is 1.38 bits per heavy atom. The van der Waals surface area contributed by atoms with Gasteiger partial charge in [0.1, 0.15) is 12.1 Å². The van der Waals surface area contributed by atoms with Crippen molar-refractivity contribution in [3.8, 4) is 5.88 Å². The van der Waals surface area contributed by atoms with Gasteiger partial charge in [0.15, 0.2) is 5.82 Å². The predicted molar refractivity (Wildman–Crippen MR) is 87.2 cm³/mol. The molecule has 130 valence electrons. The summed E-state index contributed by atoms with van der Waals surface area (Å²) >= 11 is 0. The molecule has 0 amide bonds. The molecule has 0 bridgehead atoms. The molecule has 0 saturated carbocycles. The second kappa shape index (κ2) is 7.00. The molecule has 1 aliphatic heterocycles. The number of anilines is 1. The Bertz CT molecular complexity index is 743. The van der Waals surface area contributed by atoms with Crippen molar-refractivity contribution in [2.45, 2.75) is 39.0 Å². The summed E-state index contributed by atoms with van der Waals surface area (Å²) in [5.74, 6) is 1.95. The molecule has 0 unspecified atom stereocenters. The lowest BCUT2D eigenvalue weighted by atomic mass is 10.2. The summed E-state index contributed by atoms with van der Waals surface area (Å²) in [6.45, 7) is 5.58. The molecule has 9 nitrogen and oxygen atoms in total. The van der Waals surface area contributed by atoms with E-state index in [0.717, 1.165) is 12.2 Å². The van der Waals surface area contributed by atoms with Crippen molar-refractivity contribution >= 4 is 5.82 Å². The predicted octanol–water partition coefficient (Wildman–Crippen LogP) is 0.746. The summed E-state index contributed by atoms with van der Waals surface area (Å²) < 4.78 is 12.6. The van der Waals surface area contributed by atoms with E-state index < -0.39 is 0 Å². The lowest BCUT2D eigenvalue weighted by molar-refractivity contribution is 0.118. The minimum Gasteiger partial charge on any atom is -0.478 e. The van der Waals surface area contributed by atoms with Gasteiger partial charge < -0.3 is 14.4 Å². The van der Waals surface area contributed by atoms with Crippen molar-refractivity contribution in [3.63, 3.8) is 0 Å². The summed E-state index contributed by atoms with van der Waals surface area (Å²) in [6, 6.07) is 1.70. The third kappa shape index (κ3) is 2.99. The summed E-state index contributed by atoms with van der Waals surface area (Å²) in [7, 11) is 1.69. The molecule has 1 fully saturated rings. The topological polar surface area (TPSA) is 98.2 Å². The van der Waals surface area contributed by atoms with Crippen molar-refractivity contribution in [2.24, 2.45) is 0 Å². The molecule has 1 saturated heterocycles. The van der Waals surface area contributed by atoms with Crippen LogP contribution in [0.15, 0.2) is 17.2 Å². The Kier molecular flexibility index (Phi) is 4.79. The highest BCUT2D eigenvalue weighted by Crippen LogP contribution is 2.35. The van der Waals surface area contributed by atoms with E-state index in [-0.39, 0.29) is 17.8 Å². The smallest absolute Gasteiger partial charge is 0.343 e. The number of H-pyrrole nitrogens is 1. The summed E-state index contributed by atoms with van der Waals surface area (Å²) in [5.41, 5.74) is -0.203. The number of hydrogen-bond acceptors (Lipinski definition) is 7. The lowest BCUT2D eigenvalue weighted by Crippen LogP contribution is -2.29. The highest BCUT2D eigenvalue weighted by Gasteiger charge is 2.37. The Morgan fingerprint density at radius 3 is 2.92 bits per heavy atom. The van der Waals surface area contributed by atoms with Gasteiger partial charge in [-0.25, -0.2) is 19.9 Å². The number of ether oxygens (including phenoxy) is 2. The Morgan fingerprint density at radius 2 is 2.21 bits per heavy atom. The van der Waals surface area contributed by atoms with Gasteiger partial charge in [0.05, 0.1) is 18.8 Å². The van der Waals surface area contributed by atoms with Crippen molar-refractivity contribution < 1.29 is 9.47 Å². The molecule has 0 aliphatic carbocycles. The molecule has 1 aliphatic rings. The van der Waals surface area contributed by atoms with E-state index in [1.165, 1.54) is 6.33 Å². The lowest BCUT2D eigenvalue weighted by Gasteiger charge is -2.24. The van der Waals surface area contributed by atoms with Gasteiger partial charge in [-0.2, -0.15) is 5.10 Å². The standard InChI is InChI=1S/C15H22N6O3/c1-4-20-14(18-19-15(20)22)11-6-10(23-3)8-21(11)12-7-13(24-5-2)17-9-16-12/h7,9-11H,4-6,8H2,1-3H3,(H,19,22)/t10-,11-/m0/s1. The van der Waals surface area contributed by atoms with Crippen LogP contribution in [0.3, 0.4) is 0 Å². The summed E-state index contributed by atoms with van der Waals surface area (Å²) in [4.78, 5) is 22.5. The van der Waals surface area contributed by atoms with E-state index >= 15 is 0 Å². The average molecular weight is 334 g/mol. The van der Waals surface area contributed by atoms with Gasteiger partial charge in [-0.15, -0.1) is 0 Å². The van der Waals surface area contributed by atoms with Crippen LogP contribution in [0.5, 0.6) is 5.88 Å². The molecule has 2 atom stereocenters. The van der Waals surface area contributed by atoms with Crippen LogP contribution in [-0.4, -0.2) is 51.1 Å². The first kappa shape index (κ1) is 16.4. The van der Waals surface area contributed by atoms with Gasteiger partial charge in [0, 0.05) is 32.7 Å². The van der Waals surface area contributed by atoms with Crippen LogP contribution >= 0.6 is 0 Å². The van der Waals surface area contributed by atoms with Crippen LogP contribution in [0.1, 0.15) is 32.1 Å². The first-order chi connectivity index (χ1) is 11.7. The molecule has 3 heterocycles. The highest BCUT2D eigenvalue weighted by atomic mass is 16.5. The first-order valence-electron chi connectivity index (χ1n) is 8.07. The van der Waals surface area contributed by atoms with Crippen LogP contribution in [0.4, 0.5) is 5.82 Å². The largest absolute Gasteiger partial charge is 0.478 e. The number of aromatic amines is 1. The zero-order valence-electron chi connectivity index (χ0n) is 14.1. The summed E-state index contributed by atoms with van der Waals surface area (Å²) in [5, 5.41) is 6.76. The third-order valence-corrected chi connectivity index (χ3v) is 4.21. The van der Waals surface area contributed by atoms with Crippen molar-refractivity contribution in [3.05, 3.63) is 28.7 Å². The molecule has 24 heavy (non-hydrogen) atoms. The molecule has 1 N–H and O–H groups in total. The second-order valence-corrected chi connectivity index (χ2v) is 5.54. The molecular weight excluding hydrogens is 312 g/mol. The maximum absolute atomic E-state index is 11.9. The minimum atomic E-state index is -0.203. The quantitative estimate of drug-likeness (QED) is 0.832. The van der Waals surface area contributed by atoms with E-state index in [9.17, 15) is 4.79 Å². The zero-order chi connectivity index (χ0) is 17.1. The molecule has 3 rings (SSSR count). The number of rotatable bonds is 6. The molecule has 0 spiro atoms. The fourth-order valence-electron chi connectivity index (χ4n) is 3.07. The first-order valence-corrected chi connectivity index (χ1v) is 8.07. The Balaban J connectivity index is 1.97. The van der Waals surface area contributed by atoms with Gasteiger partial charge in [-0.05, 0) is 13.8 Å². The van der Waals surface area contributed by atoms with Crippen molar-refractivity contribution in [1.82, 2.24) is 24.7 Å². The molecule has 0 radical (unpaired) electrons. The van der Waals surface area contributed by atoms with E-state index in [1.54, 1.807) is 17.7 Å². The van der Waals surface area contributed by atoms with Crippen LogP contribution in [0.25, 0.3) is 0 Å². The van der Waals surface area contributed by atoms with E-state index in [0.29, 0.717) is 31.4 Å². The molecule has 0 aromatic carbocycles. The Hall–Kier alpha value is -2.42. The number of nitrogens with one attached hydrogen (secondary N) is 1. The second-order valence-electron chi connectivity index (χ2n) is 5.54. The number of nitrogens with zero attached hydrogens (tertiary/aromatic N) is 5. The number of aromatic nitrogens is 5. The van der Waals surface area contributed by atoms with Crippen LogP contribution in [0, 0.1) is 0 Å². The third-order valence-electron chi connectivity index (χ3n) is 4.21. The number of hydrogen-bond donors (Lipinski definition) is 1. The monoisotopic (exact) mass is 334 g/mol. The van der Waals surface area contributed by atoms with Crippen molar-refractivity contribution in [1.29, 1.82) is 0 Å². The normalized spacial score (nSPS) is 20.5. The molecule has 2 aromatic heterocycles. The summed E-state index contributed by atoms with van der Waals surface area (Å²) in [6.07, 6.45) is 2.25. The minimum absolute atomic E-state index is 0.0395. The van der Waals surface area contributed by atoms with Crippen LogP contribution in [-0.2, 0) is 11.3 Å². The zero-order valence-corrected chi connectivity index (χ0v) is 14.1. The highest BCUT2D eigenvalue weighted by molar-refractivity contribution is 5.44. The van der Waals surface area contributed by atoms with E-state index in [2.05, 4.69) is 25.1 Å². The maximum Gasteiger partial charge on any atom is 0.343 e. The van der Waals surface area contributed by atoms with Gasteiger partial charge in [0.25, 0.3) is 0 Å². The molecular formula is C15H22N6O3. The SMILES string of the molecule is CCOc1cc(N2C[C@@H](OC)C[C@H]2c2n[nH]c(=O)n2CC)ncn1. The average Bonchev–Trinajstić information content (AvgIpc) is 3.18. The number of methoxy groups -OCH3 is 1. The van der Waals surface area contributed by atoms with Gasteiger partial charge in [-0.3, -0.25) is 4.57 Å². The van der Waals surface area contributed by atoms with E-state index in [1.807, 2.05) is 13.8 Å². The fraction of sp³-hybridized carbons (Fsp3) is 0.600. The van der Waals surface area contributed by atoms with Gasteiger partial charge >= 0.3 is 5.69 Å². The van der Waals surface area contributed by atoms with Gasteiger partial charge in [-0.1, -0.05) is 0 Å². The fourth-order valence-corrected chi connectivity index (χ4v) is 3.07. The molecule has 9 heteroatoms. The molecule has 2 aromatic rings. The van der Waals surface area contributed by atoms with Crippen molar-refractivity contribution in [2.75, 3.05) is 25.2 Å². The Labute approximate surface area is 139 Å². The maximum atomic E-state index is 11.9. The van der Waals surface area contributed by atoms with Crippen LogP contribution in [0.2, 0.25) is 0 Å². The van der Waals surface area contributed by atoms with Crippen LogP contribution < -0.4 is 15.3 Å². The van der Waals surface area contributed by atoms with E-state index in [4.69, 9.17) is 9.47 Å².